The fourth-order valence-corrected chi connectivity index (χ4v) is 4.74. The summed E-state index contributed by atoms with van der Waals surface area (Å²) in [6.07, 6.45) is 10.8. The number of halogens is 12. The molecule has 0 aliphatic rings. The minimum absolute atomic E-state index is 0. The molecule has 0 radical (unpaired) electrons. The van der Waals surface area contributed by atoms with E-state index < -0.39 is 73.3 Å². The Morgan fingerprint density at radius 3 is 0.421 bits per heavy atom. The molecular formula is C52H51F12Fe2N13O12S4. The van der Waals surface area contributed by atoms with E-state index in [2.05, 4.69) is 43.8 Å². The maximum absolute atomic E-state index is 10.7. The third-order valence-electron chi connectivity index (χ3n) is 8.20. The van der Waals surface area contributed by atoms with Gasteiger partial charge in [0.2, 0.25) is 0 Å². The van der Waals surface area contributed by atoms with Crippen LogP contribution in [0.2, 0.25) is 0 Å². The van der Waals surface area contributed by atoms with Gasteiger partial charge >= 0.3 is 56.2 Å². The molecule has 6 aromatic heterocycles. The number of alkyl halides is 12. The van der Waals surface area contributed by atoms with Crippen molar-refractivity contribution in [1.29, 1.82) is 36.8 Å². The van der Waals surface area contributed by atoms with Crippen LogP contribution in [0, 0.1) is 79.3 Å². The first-order valence-electron chi connectivity index (χ1n) is 23.3. The molecule has 0 fully saturated rings. The monoisotopic (exact) mass is 1520 g/mol. The molecule has 0 N–H and O–H groups in total. The number of rotatable bonds is 6. The Hall–Kier alpha value is -8.83. The van der Waals surface area contributed by atoms with Crippen LogP contribution in [-0.4, -0.2) is 104 Å². The Kier molecular flexibility index (Phi) is 59.1. The zero-order chi connectivity index (χ0) is 74.6. The first-order valence-corrected chi connectivity index (χ1v) is 28.9. The van der Waals surface area contributed by atoms with E-state index in [-0.39, 0.29) is 34.1 Å². The van der Waals surface area contributed by atoms with E-state index in [9.17, 15) is 52.7 Å². The summed E-state index contributed by atoms with van der Waals surface area (Å²) in [7, 11) is -24.4. The van der Waals surface area contributed by atoms with E-state index in [0.29, 0.717) is 0 Å². The molecule has 520 valence electrons. The minimum Gasteiger partial charge on any atom is -0.741 e. The Morgan fingerprint density at radius 1 is 0.284 bits per heavy atom. The van der Waals surface area contributed by atoms with Crippen LogP contribution in [-0.2, 0) is 85.4 Å². The molecular weight excluding hydrogens is 1470 g/mol. The third kappa shape index (κ3) is 47.7. The molecule has 0 spiro atoms. The maximum Gasteiger partial charge on any atom is 2.00 e. The first kappa shape index (κ1) is 105. The van der Waals surface area contributed by atoms with Gasteiger partial charge in [0, 0.05) is 85.6 Å². The number of nitrogens with zero attached hydrogens (tertiary/aromatic N) is 13. The molecule has 0 aliphatic carbocycles. The van der Waals surface area contributed by atoms with Crippen molar-refractivity contribution in [2.75, 3.05) is 0 Å². The number of hydrogen-bond donors (Lipinski definition) is 0. The molecule has 0 saturated carbocycles. The van der Waals surface area contributed by atoms with Crippen molar-refractivity contribution >= 4 is 40.5 Å². The van der Waals surface area contributed by atoms with Gasteiger partial charge < -0.3 is 18.2 Å². The molecule has 6 heterocycles. The Morgan fingerprint density at radius 2 is 0.368 bits per heavy atom. The second-order valence-corrected chi connectivity index (χ2v) is 20.2. The Balaban J connectivity index is -0.000000130. The van der Waals surface area contributed by atoms with Crippen LogP contribution in [0.3, 0.4) is 0 Å². The van der Waals surface area contributed by atoms with Gasteiger partial charge in [-0.2, -0.15) is 89.5 Å². The van der Waals surface area contributed by atoms with Crippen molar-refractivity contribution in [1.82, 2.24) is 29.9 Å². The van der Waals surface area contributed by atoms with Gasteiger partial charge in [-0.1, -0.05) is 36.4 Å². The largest absolute Gasteiger partial charge is 2.00 e. The van der Waals surface area contributed by atoms with Crippen molar-refractivity contribution in [3.05, 3.63) is 181 Å². The SMILES string of the molecule is CC#N.CC#N.CC#N.CC#N.CC#N.CC#N.CC#N.CC(c1ccccn1)(c1ccccn1)c1ccccn1.CC(c1ccccn1)(c1ccccn1)c1ccccn1.O=S(=O)([O-])C(F)(F)F.O=S(=O)([O-])C(F)(F)F.O=S(=O)([O-])C(F)(F)F.O=S(=O)([O-])C(F)(F)F.[Fe+2].[Fe+2]. The van der Waals surface area contributed by atoms with Crippen molar-refractivity contribution < 1.29 is 139 Å². The number of aromatic nitrogens is 6. The fourth-order valence-electron chi connectivity index (χ4n) is 4.74. The van der Waals surface area contributed by atoms with Crippen LogP contribution in [0.4, 0.5) is 52.7 Å². The van der Waals surface area contributed by atoms with E-state index in [1.165, 1.54) is 48.5 Å². The summed E-state index contributed by atoms with van der Waals surface area (Å²) < 4.78 is 236. The van der Waals surface area contributed by atoms with E-state index in [1.54, 1.807) is 79.7 Å². The van der Waals surface area contributed by atoms with Crippen molar-refractivity contribution in [3.8, 4) is 42.5 Å². The van der Waals surface area contributed by atoms with E-state index in [4.69, 9.17) is 88.7 Å². The summed E-state index contributed by atoms with van der Waals surface area (Å²) >= 11 is 0. The van der Waals surface area contributed by atoms with Gasteiger partial charge in [0.25, 0.3) is 0 Å². The van der Waals surface area contributed by atoms with Gasteiger partial charge in [-0.15, -0.1) is 0 Å². The Bertz CT molecular complexity index is 3190. The van der Waals surface area contributed by atoms with Gasteiger partial charge in [-0.3, -0.25) is 29.9 Å². The molecule has 95 heavy (non-hydrogen) atoms. The second kappa shape index (κ2) is 53.5. The number of nitriles is 7. The molecule has 6 rings (SSSR count). The average Bonchev–Trinajstić information content (AvgIpc) is 0.780. The van der Waals surface area contributed by atoms with Crippen LogP contribution in [0.15, 0.2) is 146 Å². The van der Waals surface area contributed by atoms with Crippen LogP contribution in [0.5, 0.6) is 0 Å². The summed E-state index contributed by atoms with van der Waals surface area (Å²) in [5, 5.41) is 51.2. The van der Waals surface area contributed by atoms with E-state index >= 15 is 0 Å². The van der Waals surface area contributed by atoms with Gasteiger partial charge in [0.1, 0.15) is 0 Å². The molecule has 0 saturated heterocycles. The van der Waals surface area contributed by atoms with Crippen LogP contribution >= 0.6 is 0 Å². The molecule has 0 aliphatic heterocycles. The predicted octanol–water partition coefficient (Wildman–Crippen LogP) is 10.4. The summed E-state index contributed by atoms with van der Waals surface area (Å²) in [6.45, 7) is 14.2. The smallest absolute Gasteiger partial charge is 0.741 e. The summed E-state index contributed by atoms with van der Waals surface area (Å²) in [6, 6.07) is 47.8. The third-order valence-corrected chi connectivity index (χ3v) is 10.5. The molecule has 25 nitrogen and oxygen atoms in total. The van der Waals surface area contributed by atoms with Crippen LogP contribution in [0.1, 0.15) is 96.5 Å². The zero-order valence-electron chi connectivity index (χ0n) is 49.9. The number of hydrogen-bond acceptors (Lipinski definition) is 25. The quantitative estimate of drug-likeness (QED) is 0.0647. The molecule has 0 bridgehead atoms. The van der Waals surface area contributed by atoms with E-state index in [1.807, 2.05) is 109 Å². The normalized spacial score (nSPS) is 10.0. The van der Waals surface area contributed by atoms with Gasteiger partial charge in [-0.05, 0) is 86.6 Å². The molecule has 0 unspecified atom stereocenters. The molecule has 0 atom stereocenters. The van der Waals surface area contributed by atoms with Crippen molar-refractivity contribution in [2.45, 2.75) is 95.2 Å². The fraction of sp³-hybridized carbons (Fsp3) is 0.288. The standard InChI is InChI=1S/2C17H15N3.7C2H3N.4CHF3O3S.2Fe/c2*1-17(14-8-2-5-11-18-14,15-9-3-6-12-19-15)16-10-4-7-13-20-16;7*1-2-3;4*2-1(3,4)8(5,6)7;;/h2*2-13H,1H3;7*1H3;4*(H,5,6,7);;/q;;;;;;;;;;;;;2*+2/p-4. The van der Waals surface area contributed by atoms with Gasteiger partial charge in [0.15, 0.2) is 40.5 Å². The van der Waals surface area contributed by atoms with Crippen molar-refractivity contribution in [3.63, 3.8) is 0 Å². The molecule has 0 amide bonds. The molecule has 43 heteroatoms. The zero-order valence-corrected chi connectivity index (χ0v) is 55.4. The summed E-state index contributed by atoms with van der Waals surface area (Å²) in [5.74, 6) is 0. The topological polar surface area (TPSA) is 473 Å². The Labute approximate surface area is 561 Å². The second-order valence-electron chi connectivity index (χ2n) is 14.7. The first-order chi connectivity index (χ1) is 42.5. The summed E-state index contributed by atoms with van der Waals surface area (Å²) in [4.78, 5) is 27.1. The minimum atomic E-state index is -6.09. The van der Waals surface area contributed by atoms with E-state index in [0.717, 1.165) is 34.2 Å². The van der Waals surface area contributed by atoms with Gasteiger partial charge in [-0.25, -0.2) is 33.7 Å². The maximum atomic E-state index is 10.7. The molecule has 6 aromatic rings. The predicted molar refractivity (Wildman–Crippen MR) is 299 cm³/mol. The molecule has 0 aromatic carbocycles. The van der Waals surface area contributed by atoms with Gasteiger partial charge in [0.05, 0.1) is 87.5 Å². The summed E-state index contributed by atoms with van der Waals surface area (Å²) in [5.41, 5.74) is -17.8. The number of pyridine rings is 6. The van der Waals surface area contributed by atoms with Crippen LogP contribution in [0.25, 0.3) is 0 Å². The van der Waals surface area contributed by atoms with Crippen LogP contribution < -0.4 is 0 Å². The van der Waals surface area contributed by atoms with Crippen molar-refractivity contribution in [2.24, 2.45) is 0 Å². The average molecular weight is 1520 g/mol.